The largest absolute Gasteiger partial charge is 0.545 e. The number of carbonyl (C=O) groups is 2. The van der Waals surface area contributed by atoms with Gasteiger partial charge in [-0.25, -0.2) is 4.58 Å². The van der Waals surface area contributed by atoms with Crippen LogP contribution in [0.4, 0.5) is 5.69 Å². The molecule has 0 saturated carbocycles. The normalized spacial score (nSPS) is 9.91. The summed E-state index contributed by atoms with van der Waals surface area (Å²) in [6.45, 7) is 10.1. The van der Waals surface area contributed by atoms with Gasteiger partial charge < -0.3 is 24.5 Å². The smallest absolute Gasteiger partial charge is 0.251 e. The standard InChI is InChI=1S/C24H22N2O3.C10H13NO.2C2H6/c1-25(2)15-9-11-19-21(13-15)29-22-14-16(26(3)4)10-12-20(22)23(19)17-7-5-6-8-18(17)24(27)28;1-3-8-4-6-9(7-5-8)10(12)11-2;2*1-2/h5-14H,1-4H3;4-7H,3H2,1-2H3,(H,11,12);2*1-2H3. The van der Waals surface area contributed by atoms with Gasteiger partial charge in [-0.15, -0.1) is 0 Å². The third-order valence-electron chi connectivity index (χ3n) is 6.99. The van der Waals surface area contributed by atoms with Gasteiger partial charge in [-0.05, 0) is 47.9 Å². The van der Waals surface area contributed by atoms with Crippen LogP contribution in [0.5, 0.6) is 0 Å². The van der Waals surface area contributed by atoms with Gasteiger partial charge in [0.1, 0.15) is 25.4 Å². The lowest BCUT2D eigenvalue weighted by molar-refractivity contribution is -0.254. The molecule has 2 aliphatic rings. The van der Waals surface area contributed by atoms with Crippen LogP contribution in [0.3, 0.4) is 0 Å². The highest BCUT2D eigenvalue weighted by Gasteiger charge is 2.20. The summed E-state index contributed by atoms with van der Waals surface area (Å²) < 4.78 is 8.28. The highest BCUT2D eigenvalue weighted by molar-refractivity contribution is 6.07. The van der Waals surface area contributed by atoms with E-state index in [9.17, 15) is 14.7 Å². The molecule has 1 amide bonds. The SMILES string of the molecule is CC.CC.CCc1ccc(C(=O)NC)cc1.CN(C)c1ccc2c(-c3ccccc3C(=O)[O-])c3ccc(=[N+](C)C)cc-3oc2c1. The van der Waals surface area contributed by atoms with E-state index in [0.29, 0.717) is 16.9 Å². The van der Waals surface area contributed by atoms with Crippen LogP contribution in [0.1, 0.15) is 60.9 Å². The highest BCUT2D eigenvalue weighted by atomic mass is 16.4. The first kappa shape index (κ1) is 36.3. The van der Waals surface area contributed by atoms with Crippen molar-refractivity contribution in [2.75, 3.05) is 40.1 Å². The first-order valence-electron chi connectivity index (χ1n) is 15.4. The zero-order valence-electron chi connectivity index (χ0n) is 28.3. The molecule has 238 valence electrons. The average Bonchev–Trinajstić information content (AvgIpc) is 3.08. The van der Waals surface area contributed by atoms with Crippen molar-refractivity contribution < 1.29 is 19.1 Å². The fourth-order valence-corrected chi connectivity index (χ4v) is 4.63. The summed E-state index contributed by atoms with van der Waals surface area (Å²) in [5.74, 6) is -0.530. The van der Waals surface area contributed by atoms with Crippen molar-refractivity contribution in [2.45, 2.75) is 41.0 Å². The Morgan fingerprint density at radius 1 is 0.844 bits per heavy atom. The molecule has 5 rings (SSSR count). The number of hydrogen-bond acceptors (Lipinski definition) is 5. The van der Waals surface area contributed by atoms with E-state index in [0.717, 1.165) is 39.5 Å². The number of aryl methyl sites for hydroxylation is 1. The monoisotopic (exact) mass is 609 g/mol. The molecule has 7 heteroatoms. The molecule has 0 spiro atoms. The maximum Gasteiger partial charge on any atom is 0.251 e. The fourth-order valence-electron chi connectivity index (χ4n) is 4.63. The maximum absolute atomic E-state index is 11.8. The molecule has 0 bridgehead atoms. The van der Waals surface area contributed by atoms with Crippen molar-refractivity contribution in [3.05, 3.63) is 107 Å². The lowest BCUT2D eigenvalue weighted by Gasteiger charge is -2.19. The number of carbonyl (C=O) groups excluding carboxylic acids is 2. The van der Waals surface area contributed by atoms with Gasteiger partial charge in [0.25, 0.3) is 5.91 Å². The van der Waals surface area contributed by atoms with Crippen LogP contribution in [0.15, 0.2) is 89.3 Å². The van der Waals surface area contributed by atoms with Crippen molar-refractivity contribution in [1.82, 2.24) is 9.89 Å². The summed E-state index contributed by atoms with van der Waals surface area (Å²) in [4.78, 5) is 24.9. The van der Waals surface area contributed by atoms with Crippen LogP contribution < -0.4 is 25.3 Å². The zero-order valence-corrected chi connectivity index (χ0v) is 28.3. The number of carboxylic acid groups (broad SMARTS) is 1. The number of nitrogens with zero attached hydrogens (tertiary/aromatic N) is 2. The second-order valence-electron chi connectivity index (χ2n) is 10.1. The molecule has 0 unspecified atom stereocenters. The lowest BCUT2D eigenvalue weighted by atomic mass is 9.90. The first-order valence-corrected chi connectivity index (χ1v) is 15.4. The fraction of sp³-hybridized carbons (Fsp3) is 0.289. The molecule has 45 heavy (non-hydrogen) atoms. The number of amides is 1. The van der Waals surface area contributed by atoms with Crippen molar-refractivity contribution in [1.29, 1.82) is 0 Å². The van der Waals surface area contributed by atoms with Crippen molar-refractivity contribution in [3.63, 3.8) is 0 Å². The van der Waals surface area contributed by atoms with Gasteiger partial charge >= 0.3 is 0 Å². The van der Waals surface area contributed by atoms with E-state index in [2.05, 4.69) is 12.2 Å². The van der Waals surface area contributed by atoms with Crippen LogP contribution in [0.25, 0.3) is 33.4 Å². The van der Waals surface area contributed by atoms with Crippen molar-refractivity contribution in [3.8, 4) is 22.5 Å². The number of hydrogen-bond donors (Lipinski definition) is 1. The van der Waals surface area contributed by atoms with Crippen LogP contribution >= 0.6 is 0 Å². The predicted octanol–water partition coefficient (Wildman–Crippen LogP) is 6.33. The summed E-state index contributed by atoms with van der Waals surface area (Å²) in [7, 11) is 9.52. The molecule has 7 nitrogen and oxygen atoms in total. The molecular weight excluding hydrogens is 562 g/mol. The summed E-state index contributed by atoms with van der Waals surface area (Å²) in [6.07, 6.45) is 1.01. The third kappa shape index (κ3) is 8.82. The minimum absolute atomic E-state index is 0.0300. The van der Waals surface area contributed by atoms with Gasteiger partial charge in [-0.3, -0.25) is 4.79 Å². The minimum atomic E-state index is -1.20. The van der Waals surface area contributed by atoms with E-state index in [1.807, 2.05) is 138 Å². The Balaban J connectivity index is 0.000000370. The van der Waals surface area contributed by atoms with Gasteiger partial charge in [0, 0.05) is 66.6 Å². The highest BCUT2D eigenvalue weighted by Crippen LogP contribution is 2.41. The summed E-state index contributed by atoms with van der Waals surface area (Å²) in [6, 6.07) is 26.5. The van der Waals surface area contributed by atoms with Crippen LogP contribution in [0.2, 0.25) is 0 Å². The Morgan fingerprint density at radius 3 is 2.04 bits per heavy atom. The van der Waals surface area contributed by atoms with Crippen LogP contribution in [-0.4, -0.2) is 47.1 Å². The van der Waals surface area contributed by atoms with E-state index in [1.165, 1.54) is 5.56 Å². The molecule has 0 radical (unpaired) electrons. The Kier molecular flexibility index (Phi) is 14.0. The topological polar surface area (TPSA) is 88.6 Å². The Bertz CT molecular complexity index is 1750. The van der Waals surface area contributed by atoms with Gasteiger partial charge in [0.2, 0.25) is 5.36 Å². The Labute approximate surface area is 267 Å². The molecule has 1 aliphatic heterocycles. The third-order valence-corrected chi connectivity index (χ3v) is 6.99. The van der Waals surface area contributed by atoms with E-state index >= 15 is 0 Å². The molecular formula is C38H47N3O4. The first-order chi connectivity index (χ1) is 21.6. The molecule has 1 aliphatic carbocycles. The van der Waals surface area contributed by atoms with Gasteiger partial charge in [0.15, 0.2) is 0 Å². The van der Waals surface area contributed by atoms with Crippen molar-refractivity contribution >= 4 is 28.5 Å². The average molecular weight is 610 g/mol. The Morgan fingerprint density at radius 2 is 1.49 bits per heavy atom. The maximum atomic E-state index is 11.8. The van der Waals surface area contributed by atoms with Crippen LogP contribution in [0, 0.1) is 0 Å². The number of anilines is 1. The second-order valence-corrected chi connectivity index (χ2v) is 10.1. The van der Waals surface area contributed by atoms with Gasteiger partial charge in [-0.2, -0.15) is 0 Å². The number of nitrogens with one attached hydrogen (secondary N) is 1. The Hall–Kier alpha value is -4.91. The predicted molar refractivity (Wildman–Crippen MR) is 186 cm³/mol. The van der Waals surface area contributed by atoms with E-state index in [-0.39, 0.29) is 11.5 Å². The van der Waals surface area contributed by atoms with Crippen molar-refractivity contribution in [2.24, 2.45) is 0 Å². The van der Waals surface area contributed by atoms with E-state index in [1.54, 1.807) is 19.2 Å². The summed E-state index contributed by atoms with van der Waals surface area (Å²) >= 11 is 0. The van der Waals surface area contributed by atoms with E-state index in [4.69, 9.17) is 4.42 Å². The molecule has 3 aromatic carbocycles. The van der Waals surface area contributed by atoms with Gasteiger partial charge in [0.05, 0.1) is 12.0 Å². The summed E-state index contributed by atoms with van der Waals surface area (Å²) in [5, 5.41) is 16.2. The van der Waals surface area contributed by atoms with Crippen LogP contribution in [-0.2, 0) is 6.42 Å². The zero-order chi connectivity index (χ0) is 33.7. The molecule has 0 aromatic heterocycles. The summed E-state index contributed by atoms with van der Waals surface area (Å²) in [5.41, 5.74) is 6.14. The number of carboxylic acids is 1. The quantitative estimate of drug-likeness (QED) is 0.186. The minimum Gasteiger partial charge on any atom is -0.545 e. The molecule has 0 fully saturated rings. The number of rotatable bonds is 5. The van der Waals surface area contributed by atoms with Gasteiger partial charge in [-0.1, -0.05) is 71.0 Å². The number of fused-ring (bicyclic) bond motifs is 2. The molecule has 1 heterocycles. The number of aromatic carboxylic acids is 1. The van der Waals surface area contributed by atoms with E-state index < -0.39 is 5.97 Å². The lowest BCUT2D eigenvalue weighted by Crippen LogP contribution is -2.23. The molecule has 1 N–H and O–H groups in total. The molecule has 3 aromatic rings. The molecule has 0 atom stereocenters. The number of benzene rings is 4. The second kappa shape index (κ2) is 17.4. The molecule has 0 saturated heterocycles.